The second kappa shape index (κ2) is 6.04. The Morgan fingerprint density at radius 2 is 2.33 bits per heavy atom. The van der Waals surface area contributed by atoms with Crippen LogP contribution in [0.3, 0.4) is 0 Å². The fourth-order valence-electron chi connectivity index (χ4n) is 1.78. The van der Waals surface area contributed by atoms with Crippen LogP contribution in [0.2, 0.25) is 0 Å². The van der Waals surface area contributed by atoms with E-state index in [2.05, 4.69) is 62.7 Å². The van der Waals surface area contributed by atoms with Gasteiger partial charge in [0.2, 0.25) is 0 Å². The van der Waals surface area contributed by atoms with Gasteiger partial charge in [-0.2, -0.15) is 0 Å². The van der Waals surface area contributed by atoms with Crippen molar-refractivity contribution in [2.75, 3.05) is 25.1 Å². The highest BCUT2D eigenvalue weighted by Gasteiger charge is 2.15. The van der Waals surface area contributed by atoms with Gasteiger partial charge in [0.25, 0.3) is 0 Å². The molecule has 6 heteroatoms. The molecule has 2 heterocycles. The predicted molar refractivity (Wildman–Crippen MR) is 80.1 cm³/mol. The number of rotatable bonds is 6. The molecular formula is C12H18BrN3OS. The zero-order valence-electron chi connectivity index (χ0n) is 10.9. The van der Waals surface area contributed by atoms with Gasteiger partial charge in [-0.25, -0.2) is 4.98 Å². The van der Waals surface area contributed by atoms with E-state index in [1.54, 1.807) is 11.3 Å². The van der Waals surface area contributed by atoms with Gasteiger partial charge in [-0.15, -0.1) is 11.3 Å². The second-order valence-corrected chi connectivity index (χ2v) is 5.85. The van der Waals surface area contributed by atoms with Gasteiger partial charge in [-0.1, -0.05) is 15.9 Å². The van der Waals surface area contributed by atoms with Crippen LogP contribution in [0.15, 0.2) is 11.6 Å². The smallest absolute Gasteiger partial charge is 0.195 e. The number of anilines is 1. The summed E-state index contributed by atoms with van der Waals surface area (Å²) in [6.45, 7) is 5.68. The van der Waals surface area contributed by atoms with Crippen LogP contribution in [0.4, 0.5) is 5.82 Å². The van der Waals surface area contributed by atoms with Crippen molar-refractivity contribution >= 4 is 38.0 Å². The van der Waals surface area contributed by atoms with Crippen molar-refractivity contribution in [3.8, 4) is 0 Å². The molecule has 0 aromatic carbocycles. The normalized spacial score (nSPS) is 11.6. The van der Waals surface area contributed by atoms with E-state index in [1.165, 1.54) is 5.69 Å². The maximum Gasteiger partial charge on any atom is 0.195 e. The number of hydrogen-bond donors (Lipinski definition) is 0. The Bertz CT molecular complexity index is 508. The van der Waals surface area contributed by atoms with Crippen molar-refractivity contribution in [2.24, 2.45) is 0 Å². The van der Waals surface area contributed by atoms with E-state index in [-0.39, 0.29) is 6.10 Å². The van der Waals surface area contributed by atoms with Gasteiger partial charge in [0.15, 0.2) is 10.8 Å². The number of alkyl halides is 1. The minimum atomic E-state index is 0.277. The lowest BCUT2D eigenvalue weighted by Gasteiger charge is -2.18. The molecule has 2 rings (SSSR count). The van der Waals surface area contributed by atoms with Crippen molar-refractivity contribution in [3.05, 3.63) is 17.3 Å². The molecule has 4 nitrogen and oxygen atoms in total. The van der Waals surface area contributed by atoms with E-state index in [0.717, 1.165) is 29.3 Å². The van der Waals surface area contributed by atoms with E-state index in [9.17, 15) is 0 Å². The molecule has 100 valence electrons. The lowest BCUT2D eigenvalue weighted by molar-refractivity contribution is 0.0845. The van der Waals surface area contributed by atoms with Crippen LogP contribution >= 0.6 is 27.3 Å². The van der Waals surface area contributed by atoms with Gasteiger partial charge < -0.3 is 9.64 Å². The quantitative estimate of drug-likeness (QED) is 0.761. The molecular weight excluding hydrogens is 314 g/mol. The largest absolute Gasteiger partial charge is 0.377 e. The average molecular weight is 332 g/mol. The second-order valence-electron chi connectivity index (χ2n) is 4.41. The summed E-state index contributed by atoms with van der Waals surface area (Å²) in [6.07, 6.45) is 2.34. The predicted octanol–water partition coefficient (Wildman–Crippen LogP) is 3.15. The summed E-state index contributed by atoms with van der Waals surface area (Å²) in [5.74, 6) is 1.03. The number of fused-ring (bicyclic) bond motifs is 1. The van der Waals surface area contributed by atoms with Crippen LogP contribution in [0.5, 0.6) is 0 Å². The number of aromatic nitrogens is 2. The summed E-state index contributed by atoms with van der Waals surface area (Å²) < 4.78 is 7.71. The third-order valence-corrected chi connectivity index (χ3v) is 3.99. The number of nitrogens with zero attached hydrogens (tertiary/aromatic N) is 3. The van der Waals surface area contributed by atoms with Crippen LogP contribution in [0.1, 0.15) is 19.5 Å². The lowest BCUT2D eigenvalue weighted by atomic mass is 10.4. The van der Waals surface area contributed by atoms with Crippen LogP contribution in [0.25, 0.3) is 4.96 Å². The van der Waals surface area contributed by atoms with Crippen molar-refractivity contribution in [3.63, 3.8) is 0 Å². The Kier molecular flexibility index (Phi) is 4.64. The summed E-state index contributed by atoms with van der Waals surface area (Å²) in [4.78, 5) is 7.85. The first kappa shape index (κ1) is 13.8. The van der Waals surface area contributed by atoms with Crippen molar-refractivity contribution < 1.29 is 4.74 Å². The Morgan fingerprint density at radius 1 is 1.56 bits per heavy atom. The molecule has 0 unspecified atom stereocenters. The molecule has 18 heavy (non-hydrogen) atoms. The first-order valence-electron chi connectivity index (χ1n) is 5.96. The highest BCUT2D eigenvalue weighted by atomic mass is 79.9. The Hall–Kier alpha value is -0.590. The third-order valence-electron chi connectivity index (χ3n) is 2.71. The van der Waals surface area contributed by atoms with Crippen LogP contribution in [0, 0.1) is 0 Å². The number of imidazole rings is 1. The first-order valence-corrected chi connectivity index (χ1v) is 7.96. The van der Waals surface area contributed by atoms with Gasteiger partial charge in [0.1, 0.15) is 0 Å². The molecule has 0 aliphatic rings. The number of ether oxygens (including phenoxy) is 1. The molecule has 0 radical (unpaired) electrons. The highest BCUT2D eigenvalue weighted by molar-refractivity contribution is 9.08. The maximum atomic E-state index is 5.58. The monoisotopic (exact) mass is 331 g/mol. The molecule has 0 atom stereocenters. The summed E-state index contributed by atoms with van der Waals surface area (Å²) in [6, 6.07) is 0. The van der Waals surface area contributed by atoms with Gasteiger partial charge in [0, 0.05) is 30.5 Å². The fraction of sp³-hybridized carbons (Fsp3) is 0.583. The SMILES string of the molecule is CC(C)OCCN(C)c1nc2sccn2c1CBr. The Labute approximate surface area is 120 Å². The molecule has 2 aromatic heterocycles. The molecule has 0 aliphatic heterocycles. The maximum absolute atomic E-state index is 5.58. The number of halogens is 1. The minimum absolute atomic E-state index is 0.277. The van der Waals surface area contributed by atoms with E-state index in [1.807, 2.05) is 0 Å². The summed E-state index contributed by atoms with van der Waals surface area (Å²) in [5.41, 5.74) is 1.19. The van der Waals surface area contributed by atoms with Gasteiger partial charge in [-0.05, 0) is 13.8 Å². The van der Waals surface area contributed by atoms with Gasteiger partial charge in [-0.3, -0.25) is 4.40 Å². The van der Waals surface area contributed by atoms with Crippen molar-refractivity contribution in [1.82, 2.24) is 9.38 Å². The number of hydrogen-bond acceptors (Lipinski definition) is 4. The van der Waals surface area contributed by atoms with E-state index < -0.39 is 0 Å². The number of thiazole rings is 1. The molecule has 0 fully saturated rings. The van der Waals surface area contributed by atoms with Crippen LogP contribution in [-0.2, 0) is 10.1 Å². The van der Waals surface area contributed by atoms with Crippen LogP contribution in [-0.4, -0.2) is 35.7 Å². The van der Waals surface area contributed by atoms with Gasteiger partial charge >= 0.3 is 0 Å². The fourth-order valence-corrected chi connectivity index (χ4v) is 3.03. The van der Waals surface area contributed by atoms with E-state index in [0.29, 0.717) is 0 Å². The molecule has 2 aromatic rings. The topological polar surface area (TPSA) is 29.8 Å². The molecule has 0 saturated carbocycles. The van der Waals surface area contributed by atoms with Gasteiger partial charge in [0.05, 0.1) is 18.4 Å². The van der Waals surface area contributed by atoms with E-state index >= 15 is 0 Å². The standard InChI is InChI=1S/C12H18BrN3OS/c1-9(2)17-6-4-15(3)11-10(8-13)16-5-7-18-12(16)14-11/h5,7,9H,4,6,8H2,1-3H3. The zero-order chi connectivity index (χ0) is 13.1. The summed E-state index contributed by atoms with van der Waals surface area (Å²) in [7, 11) is 2.06. The highest BCUT2D eigenvalue weighted by Crippen LogP contribution is 2.25. The van der Waals surface area contributed by atoms with Crippen LogP contribution < -0.4 is 4.90 Å². The molecule has 0 amide bonds. The average Bonchev–Trinajstić information content (AvgIpc) is 2.87. The molecule has 0 spiro atoms. The zero-order valence-corrected chi connectivity index (χ0v) is 13.3. The summed E-state index contributed by atoms with van der Waals surface area (Å²) >= 11 is 5.20. The van der Waals surface area contributed by atoms with E-state index in [4.69, 9.17) is 4.74 Å². The Morgan fingerprint density at radius 3 is 3.00 bits per heavy atom. The molecule has 0 bridgehead atoms. The lowest BCUT2D eigenvalue weighted by Crippen LogP contribution is -2.25. The molecule has 0 N–H and O–H groups in total. The Balaban J connectivity index is 2.11. The molecule has 0 aliphatic carbocycles. The minimum Gasteiger partial charge on any atom is -0.377 e. The third kappa shape index (κ3) is 2.87. The summed E-state index contributed by atoms with van der Waals surface area (Å²) in [5, 5.41) is 2.86. The van der Waals surface area contributed by atoms with Crippen molar-refractivity contribution in [2.45, 2.75) is 25.3 Å². The van der Waals surface area contributed by atoms with Crippen molar-refractivity contribution in [1.29, 1.82) is 0 Å². The number of likely N-dealkylation sites (N-methyl/N-ethyl adjacent to an activating group) is 1. The molecule has 0 saturated heterocycles. The first-order chi connectivity index (χ1) is 8.63.